The van der Waals surface area contributed by atoms with Crippen LogP contribution in [0.3, 0.4) is 0 Å². The molecule has 5 heteroatoms. The highest BCUT2D eigenvalue weighted by Crippen LogP contribution is 2.19. The maximum atomic E-state index is 11.1. The number of allylic oxidation sites excluding steroid dienone is 1. The van der Waals surface area contributed by atoms with Gasteiger partial charge in [0.25, 0.3) is 0 Å². The van der Waals surface area contributed by atoms with Crippen molar-refractivity contribution < 1.29 is 9.63 Å². The Balaban J connectivity index is 2.09. The lowest BCUT2D eigenvalue weighted by Crippen LogP contribution is -2.17. The Labute approximate surface area is 104 Å². The molecule has 0 saturated heterocycles. The average molecular weight is 250 g/mol. The van der Waals surface area contributed by atoms with Gasteiger partial charge in [0.2, 0.25) is 0 Å². The number of ketones is 1. The first kappa shape index (κ1) is 12.0. The lowest BCUT2D eigenvalue weighted by atomic mass is 10.0. The van der Waals surface area contributed by atoms with Crippen LogP contribution < -0.4 is 0 Å². The molecule has 0 fully saturated rings. The second-order valence-electron chi connectivity index (χ2n) is 4.07. The molecular formula is C12H14N2O2S. The number of rotatable bonds is 3. The van der Waals surface area contributed by atoms with Crippen LogP contribution in [0, 0.1) is 6.92 Å². The number of oxime groups is 1. The van der Waals surface area contributed by atoms with Crippen LogP contribution in [0.15, 0.2) is 16.1 Å². The molecule has 2 heterocycles. The molecule has 0 saturated carbocycles. The first-order valence-electron chi connectivity index (χ1n) is 5.40. The third-order valence-corrected chi connectivity index (χ3v) is 3.37. The summed E-state index contributed by atoms with van der Waals surface area (Å²) in [4.78, 5) is 20.6. The molecule has 0 bridgehead atoms. The highest BCUT2D eigenvalue weighted by Gasteiger charge is 2.25. The quantitative estimate of drug-likeness (QED) is 0.828. The van der Waals surface area contributed by atoms with Gasteiger partial charge >= 0.3 is 0 Å². The van der Waals surface area contributed by atoms with Gasteiger partial charge < -0.3 is 4.84 Å². The molecule has 0 unspecified atom stereocenters. The van der Waals surface area contributed by atoms with Crippen molar-refractivity contribution in [3.63, 3.8) is 0 Å². The van der Waals surface area contributed by atoms with Crippen molar-refractivity contribution in [2.75, 3.05) is 0 Å². The van der Waals surface area contributed by atoms with Gasteiger partial charge in [-0.15, -0.1) is 11.3 Å². The lowest BCUT2D eigenvalue weighted by molar-refractivity contribution is -0.126. The second kappa shape index (κ2) is 4.79. The predicted molar refractivity (Wildman–Crippen MR) is 68.1 cm³/mol. The molecule has 0 spiro atoms. The first-order chi connectivity index (χ1) is 8.06. The fourth-order valence-corrected chi connectivity index (χ4v) is 2.15. The molecule has 1 aromatic heterocycles. The molecular weight excluding hydrogens is 236 g/mol. The topological polar surface area (TPSA) is 51.5 Å². The Kier molecular flexibility index (Phi) is 3.38. The summed E-state index contributed by atoms with van der Waals surface area (Å²) >= 11 is 1.61. The Morgan fingerprint density at radius 3 is 2.88 bits per heavy atom. The van der Waals surface area contributed by atoms with E-state index >= 15 is 0 Å². The monoisotopic (exact) mass is 250 g/mol. The van der Waals surface area contributed by atoms with Gasteiger partial charge in [0.05, 0.1) is 16.4 Å². The van der Waals surface area contributed by atoms with Gasteiger partial charge in [0, 0.05) is 11.8 Å². The van der Waals surface area contributed by atoms with Crippen molar-refractivity contribution in [1.82, 2.24) is 4.98 Å². The van der Waals surface area contributed by atoms with E-state index in [9.17, 15) is 4.79 Å². The number of carbonyl (C=O) groups excluding carboxylic acids is 1. The normalized spacial score (nSPS) is 20.1. The molecule has 4 nitrogen and oxygen atoms in total. The van der Waals surface area contributed by atoms with Crippen LogP contribution in [0.1, 0.15) is 31.0 Å². The molecule has 1 aliphatic heterocycles. The number of thiazole rings is 1. The van der Waals surface area contributed by atoms with Crippen LogP contribution in [-0.2, 0) is 9.63 Å². The van der Waals surface area contributed by atoms with Crippen LogP contribution in [0.25, 0.3) is 6.08 Å². The summed E-state index contributed by atoms with van der Waals surface area (Å²) in [6.45, 7) is 5.45. The summed E-state index contributed by atoms with van der Waals surface area (Å²) in [6.07, 6.45) is 2.11. The van der Waals surface area contributed by atoms with Crippen molar-refractivity contribution in [3.05, 3.63) is 21.7 Å². The van der Waals surface area contributed by atoms with Gasteiger partial charge in [-0.25, -0.2) is 4.98 Å². The number of Topliss-reactive ketones (excluding diaryl/α,β-unsaturated/α-hetero) is 1. The molecule has 0 radical (unpaired) electrons. The van der Waals surface area contributed by atoms with Crippen LogP contribution >= 0.6 is 11.3 Å². The highest BCUT2D eigenvalue weighted by atomic mass is 32.1. The summed E-state index contributed by atoms with van der Waals surface area (Å²) in [5.74, 6) is 0.0149. The Morgan fingerprint density at radius 1 is 1.59 bits per heavy atom. The molecule has 17 heavy (non-hydrogen) atoms. The van der Waals surface area contributed by atoms with Gasteiger partial charge in [0.15, 0.2) is 11.9 Å². The second-order valence-corrected chi connectivity index (χ2v) is 5.13. The highest BCUT2D eigenvalue weighted by molar-refractivity contribution is 7.09. The summed E-state index contributed by atoms with van der Waals surface area (Å²) < 4.78 is 0. The first-order valence-corrected chi connectivity index (χ1v) is 6.28. The minimum Gasteiger partial charge on any atom is -0.384 e. The number of aromatic nitrogens is 1. The fourth-order valence-electron chi connectivity index (χ4n) is 1.58. The minimum atomic E-state index is -0.412. The number of aryl methyl sites for hydroxylation is 1. The number of nitrogens with zero attached hydrogens (tertiary/aromatic N) is 2. The molecule has 1 atom stereocenters. The summed E-state index contributed by atoms with van der Waals surface area (Å²) in [5, 5.41) is 6.98. The number of carbonyl (C=O) groups is 1. The largest absolute Gasteiger partial charge is 0.384 e. The summed E-state index contributed by atoms with van der Waals surface area (Å²) in [5.41, 5.74) is 2.76. The Bertz CT molecular complexity index is 502. The van der Waals surface area contributed by atoms with Crippen molar-refractivity contribution in [2.24, 2.45) is 5.16 Å². The van der Waals surface area contributed by atoms with E-state index in [0.717, 1.165) is 22.0 Å². The molecule has 90 valence electrons. The third kappa shape index (κ3) is 2.79. The SMILES string of the molecule is CC(=O)[C@H]1CC(/C(C)=C/c2csc(C)n2)=NO1. The number of hydrogen-bond acceptors (Lipinski definition) is 5. The van der Waals surface area contributed by atoms with E-state index in [4.69, 9.17) is 4.84 Å². The zero-order chi connectivity index (χ0) is 12.4. The zero-order valence-corrected chi connectivity index (χ0v) is 10.9. The molecule has 1 aromatic rings. The summed E-state index contributed by atoms with van der Waals surface area (Å²) in [7, 11) is 0. The minimum absolute atomic E-state index is 0.0149. The van der Waals surface area contributed by atoms with Crippen molar-refractivity contribution in [2.45, 2.75) is 33.3 Å². The van der Waals surface area contributed by atoms with E-state index < -0.39 is 6.10 Å². The fraction of sp³-hybridized carbons (Fsp3) is 0.417. The smallest absolute Gasteiger partial charge is 0.190 e. The standard InChI is InChI=1S/C12H14N2O2S/c1-7(4-10-6-17-9(3)13-10)11-5-12(8(2)15)16-14-11/h4,6,12H,5H2,1-3H3/b7-4+/t12-/m1/s1. The van der Waals surface area contributed by atoms with Gasteiger partial charge in [-0.1, -0.05) is 5.16 Å². The average Bonchev–Trinajstić information content (AvgIpc) is 2.86. The zero-order valence-electron chi connectivity index (χ0n) is 10.1. The van der Waals surface area contributed by atoms with E-state index in [0.29, 0.717) is 6.42 Å². The molecule has 0 amide bonds. The van der Waals surface area contributed by atoms with Gasteiger partial charge in [-0.2, -0.15) is 0 Å². The van der Waals surface area contributed by atoms with E-state index in [1.54, 1.807) is 11.3 Å². The maximum absolute atomic E-state index is 11.1. The summed E-state index contributed by atoms with van der Waals surface area (Å²) in [6, 6.07) is 0. The van der Waals surface area contributed by atoms with Gasteiger partial charge in [0.1, 0.15) is 0 Å². The van der Waals surface area contributed by atoms with Crippen LogP contribution in [0.4, 0.5) is 0 Å². The molecule has 0 N–H and O–H groups in total. The third-order valence-electron chi connectivity index (χ3n) is 2.58. The van der Waals surface area contributed by atoms with Gasteiger partial charge in [-0.05, 0) is 32.4 Å². The lowest BCUT2D eigenvalue weighted by Gasteiger charge is -2.01. The van der Waals surface area contributed by atoms with Crippen LogP contribution in [0.2, 0.25) is 0 Å². The molecule has 1 aliphatic rings. The van der Waals surface area contributed by atoms with Crippen molar-refractivity contribution in [3.8, 4) is 0 Å². The Hall–Kier alpha value is -1.49. The van der Waals surface area contributed by atoms with Crippen molar-refractivity contribution in [1.29, 1.82) is 0 Å². The van der Waals surface area contributed by atoms with Gasteiger partial charge in [-0.3, -0.25) is 4.79 Å². The van der Waals surface area contributed by atoms with Crippen LogP contribution in [-0.4, -0.2) is 22.6 Å². The maximum Gasteiger partial charge on any atom is 0.190 e. The van der Waals surface area contributed by atoms with E-state index in [2.05, 4.69) is 10.1 Å². The van der Waals surface area contributed by atoms with Crippen LogP contribution in [0.5, 0.6) is 0 Å². The molecule has 0 aliphatic carbocycles. The van der Waals surface area contributed by atoms with E-state index in [1.165, 1.54) is 6.92 Å². The van der Waals surface area contributed by atoms with Crippen molar-refractivity contribution >= 4 is 28.9 Å². The predicted octanol–water partition coefficient (Wildman–Crippen LogP) is 2.59. The van der Waals surface area contributed by atoms with E-state index in [-0.39, 0.29) is 5.78 Å². The van der Waals surface area contributed by atoms with E-state index in [1.807, 2.05) is 25.3 Å². The Morgan fingerprint density at radius 2 is 2.35 bits per heavy atom. The number of hydrogen-bond donors (Lipinski definition) is 0. The molecule has 2 rings (SSSR count). The molecule has 0 aromatic carbocycles.